The Labute approximate surface area is 128 Å². The van der Waals surface area contributed by atoms with Crippen molar-refractivity contribution in [3.05, 3.63) is 47.9 Å². The highest BCUT2D eigenvalue weighted by molar-refractivity contribution is 6.30. The Morgan fingerprint density at radius 1 is 0.952 bits per heavy atom. The van der Waals surface area contributed by atoms with E-state index in [-0.39, 0.29) is 0 Å². The van der Waals surface area contributed by atoms with Crippen LogP contribution in [0, 0.1) is 0 Å². The molecule has 0 atom stereocenters. The van der Waals surface area contributed by atoms with E-state index >= 15 is 0 Å². The standard InChI is InChI=1S/C16H15ClN4/c17-13-4-5-14-10-19-16(21(14)11-13)12-3-6-15(18-9-12)20-7-1-2-8-20/h3-6,9-11H,1-2,7-8H2. The predicted octanol–water partition coefficient (Wildman–Crippen LogP) is 3.65. The van der Waals surface area contributed by atoms with Crippen LogP contribution < -0.4 is 4.90 Å². The van der Waals surface area contributed by atoms with Gasteiger partial charge in [-0.15, -0.1) is 0 Å². The van der Waals surface area contributed by atoms with E-state index in [4.69, 9.17) is 11.6 Å². The van der Waals surface area contributed by atoms with Crippen LogP contribution in [0.4, 0.5) is 5.82 Å². The summed E-state index contributed by atoms with van der Waals surface area (Å²) in [6, 6.07) is 7.99. The van der Waals surface area contributed by atoms with E-state index < -0.39 is 0 Å². The number of pyridine rings is 2. The Morgan fingerprint density at radius 2 is 1.81 bits per heavy atom. The van der Waals surface area contributed by atoms with Gasteiger partial charge in [-0.3, -0.25) is 4.40 Å². The van der Waals surface area contributed by atoms with Crippen molar-refractivity contribution in [1.29, 1.82) is 0 Å². The monoisotopic (exact) mass is 298 g/mol. The normalized spacial score (nSPS) is 15.0. The molecule has 0 N–H and O–H groups in total. The summed E-state index contributed by atoms with van der Waals surface area (Å²) in [5.74, 6) is 1.92. The summed E-state index contributed by atoms with van der Waals surface area (Å²) >= 11 is 6.08. The van der Waals surface area contributed by atoms with Gasteiger partial charge in [0.15, 0.2) is 0 Å². The van der Waals surface area contributed by atoms with Crippen molar-refractivity contribution in [3.63, 3.8) is 0 Å². The molecule has 0 radical (unpaired) electrons. The zero-order valence-corrected chi connectivity index (χ0v) is 12.3. The smallest absolute Gasteiger partial charge is 0.146 e. The van der Waals surface area contributed by atoms with E-state index in [1.54, 1.807) is 0 Å². The minimum atomic E-state index is 0.698. The summed E-state index contributed by atoms with van der Waals surface area (Å²) in [6.45, 7) is 2.21. The number of hydrogen-bond acceptors (Lipinski definition) is 3. The highest BCUT2D eigenvalue weighted by Crippen LogP contribution is 2.24. The number of hydrogen-bond donors (Lipinski definition) is 0. The van der Waals surface area contributed by atoms with Gasteiger partial charge in [0.25, 0.3) is 0 Å². The average Bonchev–Trinajstić information content (AvgIpc) is 3.16. The number of imidazole rings is 1. The zero-order valence-electron chi connectivity index (χ0n) is 11.5. The minimum Gasteiger partial charge on any atom is -0.357 e. The third-order valence-corrected chi connectivity index (χ3v) is 4.15. The summed E-state index contributed by atoms with van der Waals surface area (Å²) in [5.41, 5.74) is 2.03. The topological polar surface area (TPSA) is 33.4 Å². The lowest BCUT2D eigenvalue weighted by molar-refractivity contribution is 0.937. The minimum absolute atomic E-state index is 0.698. The SMILES string of the molecule is Clc1ccc2cnc(-c3ccc(N4CCCC4)nc3)n2c1. The Kier molecular flexibility index (Phi) is 3.04. The van der Waals surface area contributed by atoms with Crippen LogP contribution in [0.5, 0.6) is 0 Å². The molecule has 0 aromatic carbocycles. The molecule has 3 aromatic heterocycles. The molecule has 1 saturated heterocycles. The molecule has 3 aromatic rings. The molecule has 5 heteroatoms. The maximum Gasteiger partial charge on any atom is 0.146 e. The second-order valence-corrected chi connectivity index (χ2v) is 5.76. The van der Waals surface area contributed by atoms with Crippen molar-refractivity contribution in [2.75, 3.05) is 18.0 Å². The van der Waals surface area contributed by atoms with Crippen molar-refractivity contribution in [2.45, 2.75) is 12.8 Å². The van der Waals surface area contributed by atoms with Crippen LogP contribution in [0.1, 0.15) is 12.8 Å². The van der Waals surface area contributed by atoms with Crippen LogP contribution in [-0.4, -0.2) is 27.5 Å². The van der Waals surface area contributed by atoms with Crippen molar-refractivity contribution in [3.8, 4) is 11.4 Å². The molecule has 0 amide bonds. The first-order chi connectivity index (χ1) is 10.3. The fraction of sp³-hybridized carbons (Fsp3) is 0.250. The average molecular weight is 299 g/mol. The molecular weight excluding hydrogens is 284 g/mol. The van der Waals surface area contributed by atoms with Crippen LogP contribution in [0.2, 0.25) is 5.02 Å². The highest BCUT2D eigenvalue weighted by atomic mass is 35.5. The number of aromatic nitrogens is 3. The molecule has 106 valence electrons. The number of anilines is 1. The molecule has 0 saturated carbocycles. The molecule has 1 fully saturated rings. The predicted molar refractivity (Wildman–Crippen MR) is 84.9 cm³/mol. The lowest BCUT2D eigenvalue weighted by Crippen LogP contribution is -2.18. The van der Waals surface area contributed by atoms with Gasteiger partial charge in [-0.1, -0.05) is 11.6 Å². The van der Waals surface area contributed by atoms with Gasteiger partial charge in [-0.2, -0.15) is 0 Å². The van der Waals surface area contributed by atoms with Gasteiger partial charge in [0.05, 0.1) is 16.7 Å². The fourth-order valence-electron chi connectivity index (χ4n) is 2.83. The summed E-state index contributed by atoms with van der Waals surface area (Å²) in [4.78, 5) is 11.4. The molecule has 4 heterocycles. The second-order valence-electron chi connectivity index (χ2n) is 5.32. The number of nitrogens with zero attached hydrogens (tertiary/aromatic N) is 4. The molecule has 0 aliphatic carbocycles. The second kappa shape index (κ2) is 5.04. The largest absolute Gasteiger partial charge is 0.357 e. The number of rotatable bonds is 2. The number of halogens is 1. The van der Waals surface area contributed by atoms with E-state index in [9.17, 15) is 0 Å². The van der Waals surface area contributed by atoms with Crippen LogP contribution in [-0.2, 0) is 0 Å². The molecule has 21 heavy (non-hydrogen) atoms. The molecular formula is C16H15ClN4. The molecule has 4 nitrogen and oxygen atoms in total. The first kappa shape index (κ1) is 12.7. The molecule has 0 bridgehead atoms. The lowest BCUT2D eigenvalue weighted by Gasteiger charge is -2.16. The van der Waals surface area contributed by atoms with E-state index in [1.807, 2.05) is 35.1 Å². The number of fused-ring (bicyclic) bond motifs is 1. The third-order valence-electron chi connectivity index (χ3n) is 3.93. The Bertz CT molecular complexity index is 773. The van der Waals surface area contributed by atoms with E-state index in [1.165, 1.54) is 12.8 Å². The van der Waals surface area contributed by atoms with Gasteiger partial charge in [0.2, 0.25) is 0 Å². The molecule has 0 unspecified atom stereocenters. The van der Waals surface area contributed by atoms with Gasteiger partial charge in [-0.25, -0.2) is 9.97 Å². The Balaban J connectivity index is 1.73. The van der Waals surface area contributed by atoms with Crippen LogP contribution in [0.25, 0.3) is 16.9 Å². The quantitative estimate of drug-likeness (QED) is 0.724. The lowest BCUT2D eigenvalue weighted by atomic mass is 10.2. The molecule has 0 spiro atoms. The van der Waals surface area contributed by atoms with Crippen molar-refractivity contribution in [2.24, 2.45) is 0 Å². The maximum atomic E-state index is 6.08. The Hall–Kier alpha value is -2.07. The van der Waals surface area contributed by atoms with E-state index in [2.05, 4.69) is 27.0 Å². The summed E-state index contributed by atoms with van der Waals surface area (Å²) in [6.07, 6.45) is 8.14. The fourth-order valence-corrected chi connectivity index (χ4v) is 2.99. The van der Waals surface area contributed by atoms with Crippen LogP contribution in [0.15, 0.2) is 42.9 Å². The van der Waals surface area contributed by atoms with Gasteiger partial charge in [-0.05, 0) is 37.1 Å². The highest BCUT2D eigenvalue weighted by Gasteiger charge is 2.14. The Morgan fingerprint density at radius 3 is 2.57 bits per heavy atom. The maximum absolute atomic E-state index is 6.08. The first-order valence-corrected chi connectivity index (χ1v) is 7.53. The summed E-state index contributed by atoms with van der Waals surface area (Å²) in [7, 11) is 0. The van der Waals surface area contributed by atoms with E-state index in [0.29, 0.717) is 5.02 Å². The van der Waals surface area contributed by atoms with Gasteiger partial charge >= 0.3 is 0 Å². The third kappa shape index (κ3) is 2.25. The molecule has 4 rings (SSSR count). The van der Waals surface area contributed by atoms with Gasteiger partial charge in [0, 0.05) is 31.0 Å². The molecule has 1 aliphatic rings. The van der Waals surface area contributed by atoms with Crippen molar-refractivity contribution in [1.82, 2.24) is 14.4 Å². The van der Waals surface area contributed by atoms with Crippen LogP contribution >= 0.6 is 11.6 Å². The summed E-state index contributed by atoms with van der Waals surface area (Å²) < 4.78 is 1.99. The summed E-state index contributed by atoms with van der Waals surface area (Å²) in [5, 5.41) is 0.698. The van der Waals surface area contributed by atoms with Crippen molar-refractivity contribution < 1.29 is 0 Å². The van der Waals surface area contributed by atoms with Crippen LogP contribution in [0.3, 0.4) is 0 Å². The van der Waals surface area contributed by atoms with Crippen molar-refractivity contribution >= 4 is 22.9 Å². The first-order valence-electron chi connectivity index (χ1n) is 7.15. The van der Waals surface area contributed by atoms with E-state index in [0.717, 1.165) is 35.8 Å². The zero-order chi connectivity index (χ0) is 14.2. The molecule has 1 aliphatic heterocycles. The van der Waals surface area contributed by atoms with Gasteiger partial charge < -0.3 is 4.90 Å². The van der Waals surface area contributed by atoms with Gasteiger partial charge in [0.1, 0.15) is 11.6 Å².